The van der Waals surface area contributed by atoms with Gasteiger partial charge in [-0.05, 0) is 31.9 Å². The smallest absolute Gasteiger partial charge is 0.255 e. The largest absolute Gasteiger partial charge is 0.341 e. The van der Waals surface area contributed by atoms with Crippen molar-refractivity contribution in [3.8, 4) is 0 Å². The first-order valence-electron chi connectivity index (χ1n) is 6.54. The second-order valence-electron chi connectivity index (χ2n) is 4.83. The molecule has 1 unspecified atom stereocenters. The van der Waals surface area contributed by atoms with Gasteiger partial charge in [0.05, 0.1) is 5.56 Å². The zero-order chi connectivity index (χ0) is 14.7. The Bertz CT molecular complexity index is 528. The van der Waals surface area contributed by atoms with Gasteiger partial charge >= 0.3 is 0 Å². The highest BCUT2D eigenvalue weighted by molar-refractivity contribution is 5.97. The van der Waals surface area contributed by atoms with Crippen LogP contribution < -0.4 is 5.32 Å². The van der Waals surface area contributed by atoms with Crippen molar-refractivity contribution in [2.24, 2.45) is 0 Å². The van der Waals surface area contributed by atoms with Crippen molar-refractivity contribution >= 4 is 11.8 Å². The molecule has 1 saturated heterocycles. The topological polar surface area (TPSA) is 49.4 Å². The molecule has 0 aliphatic carbocycles. The summed E-state index contributed by atoms with van der Waals surface area (Å²) in [7, 11) is 0. The maximum absolute atomic E-state index is 13.5. The molecule has 1 heterocycles. The molecular formula is C14H16F2N2O2. The Morgan fingerprint density at radius 1 is 1.25 bits per heavy atom. The molecule has 4 nitrogen and oxygen atoms in total. The van der Waals surface area contributed by atoms with Crippen LogP contribution in [0.2, 0.25) is 0 Å². The van der Waals surface area contributed by atoms with E-state index in [2.05, 4.69) is 5.32 Å². The number of likely N-dealkylation sites (tertiary alicyclic amines) is 1. The molecule has 108 valence electrons. The number of hydrogen-bond donors (Lipinski definition) is 1. The van der Waals surface area contributed by atoms with Gasteiger partial charge in [-0.1, -0.05) is 6.07 Å². The van der Waals surface area contributed by atoms with Crippen LogP contribution in [0.1, 0.15) is 30.1 Å². The molecule has 0 spiro atoms. The molecule has 20 heavy (non-hydrogen) atoms. The average Bonchev–Trinajstić information content (AvgIpc) is 2.94. The maximum atomic E-state index is 13.5. The predicted octanol–water partition coefficient (Wildman–Crippen LogP) is 1.71. The van der Waals surface area contributed by atoms with E-state index in [9.17, 15) is 18.4 Å². The minimum Gasteiger partial charge on any atom is -0.341 e. The summed E-state index contributed by atoms with van der Waals surface area (Å²) in [5, 5.41) is 2.40. The van der Waals surface area contributed by atoms with Gasteiger partial charge in [-0.3, -0.25) is 9.59 Å². The number of nitrogens with one attached hydrogen (secondary N) is 1. The predicted molar refractivity (Wildman–Crippen MR) is 69.1 cm³/mol. The summed E-state index contributed by atoms with van der Waals surface area (Å²) in [5.74, 6) is -3.28. The fourth-order valence-corrected chi connectivity index (χ4v) is 2.23. The Morgan fingerprint density at radius 3 is 2.55 bits per heavy atom. The Kier molecular flexibility index (Phi) is 4.32. The van der Waals surface area contributed by atoms with E-state index in [-0.39, 0.29) is 5.91 Å². The van der Waals surface area contributed by atoms with Crippen LogP contribution in [0.4, 0.5) is 8.78 Å². The molecule has 1 aromatic carbocycles. The summed E-state index contributed by atoms with van der Waals surface area (Å²) >= 11 is 0. The van der Waals surface area contributed by atoms with Crippen LogP contribution in [0.15, 0.2) is 18.2 Å². The summed E-state index contributed by atoms with van der Waals surface area (Å²) < 4.78 is 26.5. The highest BCUT2D eigenvalue weighted by Crippen LogP contribution is 2.12. The van der Waals surface area contributed by atoms with Gasteiger partial charge < -0.3 is 10.2 Å². The third-order valence-corrected chi connectivity index (χ3v) is 3.33. The minimum atomic E-state index is -1.20. The number of hydrogen-bond acceptors (Lipinski definition) is 2. The van der Waals surface area contributed by atoms with E-state index in [0.29, 0.717) is 13.1 Å². The number of rotatable bonds is 3. The van der Waals surface area contributed by atoms with Crippen LogP contribution >= 0.6 is 0 Å². The normalized spacial score (nSPS) is 16.1. The lowest BCUT2D eigenvalue weighted by molar-refractivity contribution is -0.131. The van der Waals surface area contributed by atoms with E-state index in [1.165, 1.54) is 19.1 Å². The molecule has 0 aromatic heterocycles. The van der Waals surface area contributed by atoms with Gasteiger partial charge in [0, 0.05) is 13.1 Å². The molecule has 2 rings (SSSR count). The third-order valence-electron chi connectivity index (χ3n) is 3.33. The van der Waals surface area contributed by atoms with E-state index in [1.54, 1.807) is 4.90 Å². The first kappa shape index (κ1) is 14.4. The van der Waals surface area contributed by atoms with Gasteiger partial charge in [-0.25, -0.2) is 8.78 Å². The third kappa shape index (κ3) is 2.95. The Balaban J connectivity index is 2.03. The zero-order valence-corrected chi connectivity index (χ0v) is 11.2. The zero-order valence-electron chi connectivity index (χ0n) is 11.2. The van der Waals surface area contributed by atoms with Crippen LogP contribution in [0.25, 0.3) is 0 Å². The van der Waals surface area contributed by atoms with Gasteiger partial charge in [0.1, 0.15) is 6.04 Å². The van der Waals surface area contributed by atoms with Crippen molar-refractivity contribution in [1.29, 1.82) is 0 Å². The summed E-state index contributed by atoms with van der Waals surface area (Å²) in [6.07, 6.45) is 1.90. The van der Waals surface area contributed by atoms with E-state index in [0.717, 1.165) is 18.9 Å². The van der Waals surface area contributed by atoms with E-state index in [1.807, 2.05) is 0 Å². The summed E-state index contributed by atoms with van der Waals surface area (Å²) in [5.41, 5.74) is -0.397. The Hall–Kier alpha value is -1.98. The second-order valence-corrected chi connectivity index (χ2v) is 4.83. The minimum absolute atomic E-state index is 0.201. The monoisotopic (exact) mass is 282 g/mol. The molecule has 1 fully saturated rings. The lowest BCUT2D eigenvalue weighted by atomic mass is 10.1. The second kappa shape index (κ2) is 5.98. The van der Waals surface area contributed by atoms with Crippen LogP contribution in [0, 0.1) is 11.6 Å². The summed E-state index contributed by atoms with van der Waals surface area (Å²) in [6, 6.07) is 2.61. The average molecular weight is 282 g/mol. The first-order valence-corrected chi connectivity index (χ1v) is 6.54. The molecular weight excluding hydrogens is 266 g/mol. The van der Waals surface area contributed by atoms with Crippen LogP contribution in [-0.4, -0.2) is 35.8 Å². The summed E-state index contributed by atoms with van der Waals surface area (Å²) in [6.45, 7) is 2.89. The van der Waals surface area contributed by atoms with Gasteiger partial charge in [-0.15, -0.1) is 0 Å². The molecule has 1 aliphatic heterocycles. The van der Waals surface area contributed by atoms with Gasteiger partial charge in [0.15, 0.2) is 11.6 Å². The molecule has 0 saturated carbocycles. The fraction of sp³-hybridized carbons (Fsp3) is 0.429. The highest BCUT2D eigenvalue weighted by atomic mass is 19.2. The SMILES string of the molecule is CC(NC(=O)c1cccc(F)c1F)C(=O)N1CCCC1. The molecule has 0 radical (unpaired) electrons. The molecule has 1 N–H and O–H groups in total. The van der Waals surface area contributed by atoms with Crippen LogP contribution in [0.5, 0.6) is 0 Å². The van der Waals surface area contributed by atoms with E-state index >= 15 is 0 Å². The van der Waals surface area contributed by atoms with E-state index < -0.39 is 29.1 Å². The van der Waals surface area contributed by atoms with Gasteiger partial charge in [0.25, 0.3) is 5.91 Å². The van der Waals surface area contributed by atoms with Gasteiger partial charge in [0.2, 0.25) is 5.91 Å². The van der Waals surface area contributed by atoms with E-state index in [4.69, 9.17) is 0 Å². The Labute approximate surface area is 115 Å². The van der Waals surface area contributed by atoms with Crippen LogP contribution in [0.3, 0.4) is 0 Å². The van der Waals surface area contributed by atoms with Crippen molar-refractivity contribution in [2.75, 3.05) is 13.1 Å². The fourth-order valence-electron chi connectivity index (χ4n) is 2.23. The molecule has 6 heteroatoms. The lowest BCUT2D eigenvalue weighted by Gasteiger charge is -2.21. The van der Waals surface area contributed by atoms with Crippen molar-refractivity contribution in [3.05, 3.63) is 35.4 Å². The van der Waals surface area contributed by atoms with Crippen molar-refractivity contribution < 1.29 is 18.4 Å². The number of halogens is 2. The number of benzene rings is 1. The van der Waals surface area contributed by atoms with Crippen molar-refractivity contribution in [3.63, 3.8) is 0 Å². The number of nitrogens with zero attached hydrogens (tertiary/aromatic N) is 1. The maximum Gasteiger partial charge on any atom is 0.255 e. The number of carbonyl (C=O) groups is 2. The van der Waals surface area contributed by atoms with Crippen LogP contribution in [-0.2, 0) is 4.79 Å². The quantitative estimate of drug-likeness (QED) is 0.917. The standard InChI is InChI=1S/C14H16F2N2O2/c1-9(14(20)18-7-2-3-8-18)17-13(19)10-5-4-6-11(15)12(10)16/h4-6,9H,2-3,7-8H2,1H3,(H,17,19). The summed E-state index contributed by atoms with van der Waals surface area (Å²) in [4.78, 5) is 25.5. The molecule has 2 amide bonds. The molecule has 1 aromatic rings. The lowest BCUT2D eigenvalue weighted by Crippen LogP contribution is -2.46. The molecule has 0 bridgehead atoms. The van der Waals surface area contributed by atoms with Gasteiger partial charge in [-0.2, -0.15) is 0 Å². The highest BCUT2D eigenvalue weighted by Gasteiger charge is 2.25. The molecule has 1 atom stereocenters. The number of amides is 2. The molecule has 1 aliphatic rings. The Morgan fingerprint density at radius 2 is 1.90 bits per heavy atom. The number of carbonyl (C=O) groups excluding carboxylic acids is 2. The van der Waals surface area contributed by atoms with Crippen molar-refractivity contribution in [1.82, 2.24) is 10.2 Å². The van der Waals surface area contributed by atoms with Crippen molar-refractivity contribution in [2.45, 2.75) is 25.8 Å². The first-order chi connectivity index (χ1) is 9.50.